The van der Waals surface area contributed by atoms with Crippen molar-refractivity contribution in [1.29, 1.82) is 0 Å². The van der Waals surface area contributed by atoms with Gasteiger partial charge < -0.3 is 19.8 Å². The first kappa shape index (κ1) is 62.5. The molecule has 3 atom stereocenters. The number of nitrogens with zero attached hydrogens (tertiary/aromatic N) is 1. The monoisotopic (exact) mass is 922 g/mol. The summed E-state index contributed by atoms with van der Waals surface area (Å²) in [5.74, 6) is -0.167. The fourth-order valence-electron chi connectivity index (χ4n) is 7.86. The molecule has 0 aromatic rings. The molecule has 0 aliphatic rings. The van der Waals surface area contributed by atoms with Gasteiger partial charge in [-0.3, -0.25) is 13.8 Å². The number of carbonyl (C=O) groups is 1. The number of aliphatic hydroxyl groups is 1. The summed E-state index contributed by atoms with van der Waals surface area (Å²) in [4.78, 5) is 23.3. The van der Waals surface area contributed by atoms with Crippen molar-refractivity contribution in [2.45, 2.75) is 257 Å². The second-order valence-electron chi connectivity index (χ2n) is 19.6. The average Bonchev–Trinajstić information content (AvgIpc) is 3.25. The summed E-state index contributed by atoms with van der Waals surface area (Å²) in [5.41, 5.74) is 0. The van der Waals surface area contributed by atoms with Gasteiger partial charge in [0.15, 0.2) is 0 Å². The van der Waals surface area contributed by atoms with Crippen molar-refractivity contribution >= 4 is 13.7 Å². The molecule has 64 heavy (non-hydrogen) atoms. The van der Waals surface area contributed by atoms with Crippen LogP contribution in [0.4, 0.5) is 0 Å². The molecule has 0 fully saturated rings. The van der Waals surface area contributed by atoms with Crippen LogP contribution in [0.25, 0.3) is 0 Å². The highest BCUT2D eigenvalue weighted by molar-refractivity contribution is 7.47. The Hall–Kier alpha value is -1.54. The Labute approximate surface area is 397 Å². The number of quaternary nitrogens is 1. The van der Waals surface area contributed by atoms with Gasteiger partial charge in [0.25, 0.3) is 0 Å². The maximum Gasteiger partial charge on any atom is 0.472 e. The number of rotatable bonds is 49. The Balaban J connectivity index is 4.21. The molecule has 0 rings (SSSR count). The zero-order valence-corrected chi connectivity index (χ0v) is 43.7. The van der Waals surface area contributed by atoms with Gasteiger partial charge in [-0.25, -0.2) is 4.57 Å². The van der Waals surface area contributed by atoms with Crippen LogP contribution in [0.1, 0.15) is 245 Å². The van der Waals surface area contributed by atoms with Gasteiger partial charge in [0.2, 0.25) is 5.91 Å². The number of likely N-dealkylation sites (N-methyl/N-ethyl adjacent to an activating group) is 1. The first-order valence-electron chi connectivity index (χ1n) is 27.0. The van der Waals surface area contributed by atoms with E-state index in [1.807, 2.05) is 21.1 Å². The molecule has 376 valence electrons. The van der Waals surface area contributed by atoms with Crippen molar-refractivity contribution in [2.75, 3.05) is 40.9 Å². The largest absolute Gasteiger partial charge is 0.472 e. The smallest absolute Gasteiger partial charge is 0.391 e. The number of phosphoric acid groups is 1. The Kier molecular flexibility index (Phi) is 45.4. The lowest BCUT2D eigenvalue weighted by Crippen LogP contribution is -2.46. The summed E-state index contributed by atoms with van der Waals surface area (Å²) in [6.45, 7) is 4.77. The molecule has 9 heteroatoms. The maximum absolute atomic E-state index is 12.9. The second-order valence-corrected chi connectivity index (χ2v) is 21.0. The normalized spacial score (nSPS) is 14.4. The van der Waals surface area contributed by atoms with Gasteiger partial charge in [-0.15, -0.1) is 0 Å². The summed E-state index contributed by atoms with van der Waals surface area (Å²) < 4.78 is 23.7. The van der Waals surface area contributed by atoms with Crippen LogP contribution in [0.2, 0.25) is 0 Å². The van der Waals surface area contributed by atoms with Crippen molar-refractivity contribution in [3.05, 3.63) is 48.6 Å². The zero-order chi connectivity index (χ0) is 47.1. The van der Waals surface area contributed by atoms with E-state index >= 15 is 0 Å². The van der Waals surface area contributed by atoms with E-state index in [9.17, 15) is 19.4 Å². The molecule has 0 radical (unpaired) electrons. The molecule has 3 N–H and O–H groups in total. The molecule has 0 heterocycles. The minimum absolute atomic E-state index is 0.0682. The fraction of sp³-hybridized carbons (Fsp3) is 0.836. The van der Waals surface area contributed by atoms with Gasteiger partial charge in [-0.1, -0.05) is 236 Å². The van der Waals surface area contributed by atoms with Gasteiger partial charge in [0, 0.05) is 6.42 Å². The van der Waals surface area contributed by atoms with Crippen LogP contribution >= 0.6 is 7.82 Å². The number of hydrogen-bond donors (Lipinski definition) is 3. The van der Waals surface area contributed by atoms with Crippen LogP contribution in [0.5, 0.6) is 0 Å². The molecule has 3 unspecified atom stereocenters. The van der Waals surface area contributed by atoms with Crippen LogP contribution in [0, 0.1) is 0 Å². The highest BCUT2D eigenvalue weighted by atomic mass is 31.2. The lowest BCUT2D eigenvalue weighted by Gasteiger charge is -2.26. The second kappa shape index (κ2) is 46.6. The van der Waals surface area contributed by atoms with E-state index in [0.29, 0.717) is 23.9 Å². The quantitative estimate of drug-likeness (QED) is 0.0243. The Morgan fingerprint density at radius 3 is 1.38 bits per heavy atom. The molecule has 1 amide bonds. The first-order valence-corrected chi connectivity index (χ1v) is 28.5. The fourth-order valence-corrected chi connectivity index (χ4v) is 8.60. The number of hydrogen-bond acceptors (Lipinski definition) is 5. The molecule has 0 bridgehead atoms. The molecule has 8 nitrogen and oxygen atoms in total. The number of nitrogens with one attached hydrogen (secondary N) is 1. The molecule has 0 aromatic carbocycles. The lowest BCUT2D eigenvalue weighted by molar-refractivity contribution is -0.870. The van der Waals surface area contributed by atoms with Gasteiger partial charge in [-0.05, 0) is 51.4 Å². The average molecular weight is 922 g/mol. The third-order valence-corrected chi connectivity index (χ3v) is 13.1. The number of amides is 1. The number of phosphoric ester groups is 1. The van der Waals surface area contributed by atoms with E-state index in [1.165, 1.54) is 141 Å². The SMILES string of the molecule is CC/C=C\C/C=C\C/C=C\C/C=C\CCCCCCC(=O)NC(COP(=O)(O)OCC[N+](C)(C)C)C(O)CCCCCCCCCCCCCCCCCCCCCCCCCCC. The minimum Gasteiger partial charge on any atom is -0.391 e. The summed E-state index contributed by atoms with van der Waals surface area (Å²) in [7, 11) is 1.60. The van der Waals surface area contributed by atoms with Gasteiger partial charge in [0.1, 0.15) is 13.2 Å². The molecule has 0 aliphatic carbocycles. The van der Waals surface area contributed by atoms with Crippen molar-refractivity contribution in [1.82, 2.24) is 5.32 Å². The molecule has 0 spiro atoms. The predicted molar refractivity (Wildman–Crippen MR) is 277 cm³/mol. The summed E-state index contributed by atoms with van der Waals surface area (Å²) in [6, 6.07) is -0.775. The van der Waals surface area contributed by atoms with Gasteiger partial charge in [-0.2, -0.15) is 0 Å². The van der Waals surface area contributed by atoms with E-state index < -0.39 is 20.0 Å². The summed E-state index contributed by atoms with van der Waals surface area (Å²) >= 11 is 0. The maximum atomic E-state index is 12.9. The van der Waals surface area contributed by atoms with Gasteiger partial charge in [0.05, 0.1) is 39.9 Å². The van der Waals surface area contributed by atoms with Crippen LogP contribution in [-0.2, 0) is 18.4 Å². The summed E-state index contributed by atoms with van der Waals surface area (Å²) in [5, 5.41) is 14.0. The van der Waals surface area contributed by atoms with E-state index in [-0.39, 0.29) is 19.1 Å². The highest BCUT2D eigenvalue weighted by Crippen LogP contribution is 2.43. The Morgan fingerprint density at radius 1 is 0.547 bits per heavy atom. The number of aliphatic hydroxyl groups excluding tert-OH is 1. The lowest BCUT2D eigenvalue weighted by atomic mass is 10.0. The number of unbranched alkanes of at least 4 members (excludes halogenated alkanes) is 28. The molecule has 0 saturated heterocycles. The van der Waals surface area contributed by atoms with Crippen LogP contribution < -0.4 is 5.32 Å². The minimum atomic E-state index is -4.33. The standard InChI is InChI=1S/C55H105N2O6P/c1-6-8-10-12-14-16-18-20-22-24-25-26-27-28-29-30-31-33-34-36-38-40-42-44-46-48-54(58)53(52-63-64(60,61)62-51-50-57(3,4)5)56-55(59)49-47-45-43-41-39-37-35-32-23-21-19-17-15-13-11-9-7-2/h9,11,15,17,21,23,35,37,53-54,58H,6-8,10,12-14,16,18-20,22,24-34,36,38-52H2,1-5H3,(H-,56,59,60,61)/p+1/b11-9-,17-15-,23-21-,37-35-. The number of allylic oxidation sites excluding steroid dienone is 8. The van der Waals surface area contributed by atoms with Gasteiger partial charge >= 0.3 is 7.82 Å². The van der Waals surface area contributed by atoms with E-state index in [2.05, 4.69) is 67.8 Å². The molecule has 0 aliphatic heterocycles. The number of carbonyl (C=O) groups excluding carboxylic acids is 1. The third kappa shape index (κ3) is 48.4. The Morgan fingerprint density at radius 2 is 0.938 bits per heavy atom. The van der Waals surface area contributed by atoms with Crippen LogP contribution in [-0.4, -0.2) is 73.4 Å². The Bertz CT molecular complexity index is 1180. The van der Waals surface area contributed by atoms with Crippen molar-refractivity contribution < 1.29 is 32.9 Å². The van der Waals surface area contributed by atoms with E-state index in [1.54, 1.807) is 0 Å². The first-order chi connectivity index (χ1) is 31.0. The molecular weight excluding hydrogens is 816 g/mol. The molecule has 0 saturated carbocycles. The zero-order valence-electron chi connectivity index (χ0n) is 42.8. The van der Waals surface area contributed by atoms with Crippen LogP contribution in [0.3, 0.4) is 0 Å². The third-order valence-electron chi connectivity index (χ3n) is 12.1. The highest BCUT2D eigenvalue weighted by Gasteiger charge is 2.28. The topological polar surface area (TPSA) is 105 Å². The summed E-state index contributed by atoms with van der Waals surface area (Å²) in [6.07, 6.45) is 60.2. The van der Waals surface area contributed by atoms with E-state index in [0.717, 1.165) is 77.0 Å². The van der Waals surface area contributed by atoms with Crippen molar-refractivity contribution in [2.24, 2.45) is 0 Å². The van der Waals surface area contributed by atoms with E-state index in [4.69, 9.17) is 9.05 Å². The van der Waals surface area contributed by atoms with Crippen LogP contribution in [0.15, 0.2) is 48.6 Å². The predicted octanol–water partition coefficient (Wildman–Crippen LogP) is 16.0. The van der Waals surface area contributed by atoms with Crippen molar-refractivity contribution in [3.63, 3.8) is 0 Å². The molecular formula is C55H106N2O6P+. The molecule has 0 aromatic heterocycles. The van der Waals surface area contributed by atoms with Crippen molar-refractivity contribution in [3.8, 4) is 0 Å².